The molecule has 2 rings (SSSR count). The second-order valence-corrected chi connectivity index (χ2v) is 6.04. The first-order valence-corrected chi connectivity index (χ1v) is 8.04. The smallest absolute Gasteiger partial charge is 0.0882 e. The summed E-state index contributed by atoms with van der Waals surface area (Å²) in [6, 6.07) is 2.77. The summed E-state index contributed by atoms with van der Waals surface area (Å²) in [7, 11) is 2.01. The van der Waals surface area contributed by atoms with Crippen molar-refractivity contribution in [2.45, 2.75) is 57.7 Å². The van der Waals surface area contributed by atoms with E-state index in [4.69, 9.17) is 9.47 Å². The van der Waals surface area contributed by atoms with E-state index in [1.54, 1.807) is 0 Å². The topological polar surface area (TPSA) is 48.3 Å². The summed E-state index contributed by atoms with van der Waals surface area (Å²) in [4.78, 5) is 0. The summed E-state index contributed by atoms with van der Waals surface area (Å²) in [5, 5.41) is 8.13. The maximum Gasteiger partial charge on any atom is 0.0882 e. The highest BCUT2D eigenvalue weighted by Gasteiger charge is 2.40. The van der Waals surface area contributed by atoms with E-state index >= 15 is 0 Å². The van der Waals surface area contributed by atoms with Crippen molar-refractivity contribution < 1.29 is 9.47 Å². The van der Waals surface area contributed by atoms with Gasteiger partial charge in [-0.25, -0.2) is 0 Å². The van der Waals surface area contributed by atoms with Crippen molar-refractivity contribution in [3.8, 4) is 0 Å². The Hall–Kier alpha value is -0.910. The van der Waals surface area contributed by atoms with E-state index in [1.165, 1.54) is 0 Å². The van der Waals surface area contributed by atoms with E-state index in [1.807, 2.05) is 11.7 Å². The number of hydrogen-bond donors (Lipinski definition) is 1. The summed E-state index contributed by atoms with van der Waals surface area (Å²) < 4.78 is 13.7. The standard InChI is InChI=1S/C16H29N3O2/c1-5-21-16(7-10-20-11-8-16)15(17-4)12-14-6-9-19(18-14)13(2)3/h6,9,13,15,17H,5,7-8,10-12H2,1-4H3. The Morgan fingerprint density at radius 2 is 2.14 bits per heavy atom. The molecule has 0 radical (unpaired) electrons. The van der Waals surface area contributed by atoms with Crippen molar-refractivity contribution in [1.29, 1.82) is 0 Å². The molecule has 1 atom stereocenters. The van der Waals surface area contributed by atoms with Crippen LogP contribution in [-0.4, -0.2) is 48.3 Å². The molecule has 2 heterocycles. The Balaban J connectivity index is 2.12. The summed E-state index contributed by atoms with van der Waals surface area (Å²) in [6.45, 7) is 8.65. The summed E-state index contributed by atoms with van der Waals surface area (Å²) >= 11 is 0. The molecule has 5 heteroatoms. The van der Waals surface area contributed by atoms with Crippen LogP contribution in [0.25, 0.3) is 0 Å². The molecule has 1 fully saturated rings. The lowest BCUT2D eigenvalue weighted by Gasteiger charge is -2.43. The van der Waals surface area contributed by atoms with Gasteiger partial charge < -0.3 is 14.8 Å². The molecule has 1 aromatic heterocycles. The van der Waals surface area contributed by atoms with Gasteiger partial charge in [0.1, 0.15) is 0 Å². The fraction of sp³-hybridized carbons (Fsp3) is 0.812. The molecule has 0 spiro atoms. The molecule has 120 valence electrons. The quantitative estimate of drug-likeness (QED) is 0.837. The lowest BCUT2D eigenvalue weighted by atomic mass is 9.83. The second-order valence-electron chi connectivity index (χ2n) is 6.04. The Bertz CT molecular complexity index is 419. The van der Waals surface area contributed by atoms with E-state index in [0.717, 1.165) is 44.8 Å². The maximum absolute atomic E-state index is 6.17. The molecule has 1 saturated heterocycles. The molecule has 5 nitrogen and oxygen atoms in total. The van der Waals surface area contributed by atoms with Crippen LogP contribution < -0.4 is 5.32 Å². The average Bonchev–Trinajstić information content (AvgIpc) is 2.95. The SMILES string of the molecule is CCOC1(C(Cc2ccn(C(C)C)n2)NC)CCOCC1. The van der Waals surface area contributed by atoms with Gasteiger partial charge in [0.15, 0.2) is 0 Å². The maximum atomic E-state index is 6.17. The largest absolute Gasteiger partial charge is 0.381 e. The zero-order valence-electron chi connectivity index (χ0n) is 13.8. The van der Waals surface area contributed by atoms with Crippen LogP contribution >= 0.6 is 0 Å². The Morgan fingerprint density at radius 1 is 1.43 bits per heavy atom. The molecule has 1 aromatic rings. The minimum atomic E-state index is -0.136. The molecular weight excluding hydrogens is 266 g/mol. The Labute approximate surface area is 128 Å². The van der Waals surface area contributed by atoms with Gasteiger partial charge in [-0.2, -0.15) is 5.10 Å². The van der Waals surface area contributed by atoms with Crippen LogP contribution in [0.15, 0.2) is 12.3 Å². The van der Waals surface area contributed by atoms with Gasteiger partial charge in [-0.05, 0) is 33.9 Å². The third kappa shape index (κ3) is 3.84. The summed E-state index contributed by atoms with van der Waals surface area (Å²) in [5.41, 5.74) is 0.984. The number of ether oxygens (including phenoxy) is 2. The highest BCUT2D eigenvalue weighted by atomic mass is 16.5. The molecule has 0 amide bonds. The van der Waals surface area contributed by atoms with Crippen LogP contribution in [0.5, 0.6) is 0 Å². The van der Waals surface area contributed by atoms with Gasteiger partial charge in [-0.3, -0.25) is 4.68 Å². The lowest BCUT2D eigenvalue weighted by Crippen LogP contribution is -2.55. The minimum Gasteiger partial charge on any atom is -0.381 e. The minimum absolute atomic E-state index is 0.136. The van der Waals surface area contributed by atoms with Crippen LogP contribution in [-0.2, 0) is 15.9 Å². The molecule has 0 bridgehead atoms. The van der Waals surface area contributed by atoms with Crippen LogP contribution in [0.2, 0.25) is 0 Å². The molecule has 0 aromatic carbocycles. The van der Waals surface area contributed by atoms with Gasteiger partial charge in [0.2, 0.25) is 0 Å². The highest BCUT2D eigenvalue weighted by Crippen LogP contribution is 2.30. The predicted octanol–water partition coefficient (Wildman–Crippen LogP) is 2.18. The zero-order chi connectivity index (χ0) is 15.3. The monoisotopic (exact) mass is 295 g/mol. The predicted molar refractivity (Wildman–Crippen MR) is 83.6 cm³/mol. The van der Waals surface area contributed by atoms with Gasteiger partial charge in [0, 0.05) is 57.4 Å². The highest BCUT2D eigenvalue weighted by molar-refractivity contribution is 5.07. The van der Waals surface area contributed by atoms with E-state index in [0.29, 0.717) is 6.04 Å². The van der Waals surface area contributed by atoms with E-state index in [9.17, 15) is 0 Å². The van der Waals surface area contributed by atoms with Gasteiger partial charge >= 0.3 is 0 Å². The second kappa shape index (κ2) is 7.38. The molecule has 21 heavy (non-hydrogen) atoms. The molecular formula is C16H29N3O2. The van der Waals surface area contributed by atoms with Crippen LogP contribution in [0.4, 0.5) is 0 Å². The molecule has 1 N–H and O–H groups in total. The van der Waals surface area contributed by atoms with Gasteiger partial charge in [0.25, 0.3) is 0 Å². The normalized spacial score (nSPS) is 19.9. The number of nitrogens with zero attached hydrogens (tertiary/aromatic N) is 2. The van der Waals surface area contributed by atoms with Crippen molar-refractivity contribution >= 4 is 0 Å². The third-order valence-corrected chi connectivity index (χ3v) is 4.36. The average molecular weight is 295 g/mol. The van der Waals surface area contributed by atoms with Crippen molar-refractivity contribution in [2.75, 3.05) is 26.9 Å². The lowest BCUT2D eigenvalue weighted by molar-refractivity contribution is -0.125. The third-order valence-electron chi connectivity index (χ3n) is 4.36. The van der Waals surface area contributed by atoms with E-state index in [-0.39, 0.29) is 11.6 Å². The fourth-order valence-electron chi connectivity index (χ4n) is 3.13. The van der Waals surface area contributed by atoms with Crippen LogP contribution in [0, 0.1) is 0 Å². The number of hydrogen-bond acceptors (Lipinski definition) is 4. The molecule has 1 unspecified atom stereocenters. The fourth-order valence-corrected chi connectivity index (χ4v) is 3.13. The first-order valence-electron chi connectivity index (χ1n) is 8.04. The van der Waals surface area contributed by atoms with Gasteiger partial charge in [-0.15, -0.1) is 0 Å². The van der Waals surface area contributed by atoms with Crippen LogP contribution in [0.3, 0.4) is 0 Å². The zero-order valence-corrected chi connectivity index (χ0v) is 13.8. The molecule has 1 aliphatic rings. The van der Waals surface area contributed by atoms with Gasteiger partial charge in [0.05, 0.1) is 11.3 Å². The van der Waals surface area contributed by atoms with Crippen LogP contribution in [0.1, 0.15) is 45.3 Å². The number of likely N-dealkylation sites (N-methyl/N-ethyl adjacent to an activating group) is 1. The molecule has 1 aliphatic heterocycles. The van der Waals surface area contributed by atoms with Crippen molar-refractivity contribution in [2.24, 2.45) is 0 Å². The Morgan fingerprint density at radius 3 is 2.67 bits per heavy atom. The van der Waals surface area contributed by atoms with E-state index in [2.05, 4.69) is 43.4 Å². The number of aromatic nitrogens is 2. The first-order chi connectivity index (χ1) is 10.1. The van der Waals surface area contributed by atoms with E-state index < -0.39 is 0 Å². The summed E-state index contributed by atoms with van der Waals surface area (Å²) in [5.74, 6) is 0. The first kappa shape index (κ1) is 16.5. The molecule has 0 aliphatic carbocycles. The van der Waals surface area contributed by atoms with Crippen molar-refractivity contribution in [3.05, 3.63) is 18.0 Å². The van der Waals surface area contributed by atoms with Crippen molar-refractivity contribution in [3.63, 3.8) is 0 Å². The number of rotatable bonds is 7. The van der Waals surface area contributed by atoms with Crippen molar-refractivity contribution in [1.82, 2.24) is 15.1 Å². The summed E-state index contributed by atoms with van der Waals surface area (Å²) in [6.07, 6.45) is 4.83. The number of nitrogens with one attached hydrogen (secondary N) is 1. The molecule has 0 saturated carbocycles. The van der Waals surface area contributed by atoms with Gasteiger partial charge in [-0.1, -0.05) is 0 Å². The Kier molecular flexibility index (Phi) is 5.79.